The first kappa shape index (κ1) is 13.0. The lowest BCUT2D eigenvalue weighted by molar-refractivity contribution is -0.154. The lowest BCUT2D eigenvalue weighted by Gasteiger charge is -2.12. The summed E-state index contributed by atoms with van der Waals surface area (Å²) in [6.45, 7) is 0. The van der Waals surface area contributed by atoms with Gasteiger partial charge in [0.15, 0.2) is 5.92 Å². The minimum atomic E-state index is -1.66. The van der Waals surface area contributed by atoms with Gasteiger partial charge in [0, 0.05) is 6.07 Å². The molecule has 1 heterocycles. The van der Waals surface area contributed by atoms with Gasteiger partial charge in [-0.15, -0.1) is 0 Å². The number of nitrogens with zero attached hydrogens (tertiary/aromatic N) is 1. The Morgan fingerprint density at radius 2 is 1.76 bits per heavy atom. The summed E-state index contributed by atoms with van der Waals surface area (Å²) >= 11 is 0. The van der Waals surface area contributed by atoms with Crippen LogP contribution in [0.3, 0.4) is 0 Å². The molecule has 1 aromatic rings. The quantitative estimate of drug-likeness (QED) is 0.581. The molecule has 0 bridgehead atoms. The molecule has 7 heteroatoms. The van der Waals surface area contributed by atoms with Crippen molar-refractivity contribution < 1.29 is 27.8 Å². The van der Waals surface area contributed by atoms with Gasteiger partial charge in [0.2, 0.25) is 0 Å². The van der Waals surface area contributed by atoms with Crippen molar-refractivity contribution in [3.05, 3.63) is 29.6 Å². The highest BCUT2D eigenvalue weighted by Crippen LogP contribution is 2.20. The molecule has 17 heavy (non-hydrogen) atoms. The molecule has 5 nitrogen and oxygen atoms in total. The van der Waals surface area contributed by atoms with E-state index < -0.39 is 35.2 Å². The SMILES string of the molecule is COC(=O)C(C(=O)OC)c1ncc(F)cc1F. The fraction of sp³-hybridized carbons (Fsp3) is 0.300. The summed E-state index contributed by atoms with van der Waals surface area (Å²) < 4.78 is 34.7. The second kappa shape index (κ2) is 5.33. The molecule has 0 radical (unpaired) electrons. The normalized spacial score (nSPS) is 10.2. The zero-order valence-corrected chi connectivity index (χ0v) is 9.07. The summed E-state index contributed by atoms with van der Waals surface area (Å²) in [4.78, 5) is 26.0. The maximum Gasteiger partial charge on any atom is 0.326 e. The van der Waals surface area contributed by atoms with E-state index in [4.69, 9.17) is 0 Å². The number of hydrogen-bond acceptors (Lipinski definition) is 5. The van der Waals surface area contributed by atoms with Gasteiger partial charge >= 0.3 is 11.9 Å². The summed E-state index contributed by atoms with van der Waals surface area (Å²) in [6.07, 6.45) is 0.692. The molecular weight excluding hydrogens is 236 g/mol. The second-order valence-electron chi connectivity index (χ2n) is 3.00. The third-order valence-electron chi connectivity index (χ3n) is 1.98. The summed E-state index contributed by atoms with van der Waals surface area (Å²) in [5.74, 6) is -5.76. The number of hydrogen-bond donors (Lipinski definition) is 0. The molecule has 0 aromatic carbocycles. The predicted octanol–water partition coefficient (Wildman–Crippen LogP) is 0.789. The fourth-order valence-electron chi connectivity index (χ4n) is 1.19. The van der Waals surface area contributed by atoms with Crippen molar-refractivity contribution in [1.82, 2.24) is 4.98 Å². The Morgan fingerprint density at radius 1 is 1.24 bits per heavy atom. The Morgan fingerprint density at radius 3 is 2.18 bits per heavy atom. The van der Waals surface area contributed by atoms with Crippen molar-refractivity contribution in [2.45, 2.75) is 5.92 Å². The van der Waals surface area contributed by atoms with Gasteiger partial charge in [-0.1, -0.05) is 0 Å². The van der Waals surface area contributed by atoms with Crippen molar-refractivity contribution in [1.29, 1.82) is 0 Å². The van der Waals surface area contributed by atoms with Crippen molar-refractivity contribution in [3.8, 4) is 0 Å². The van der Waals surface area contributed by atoms with E-state index in [9.17, 15) is 18.4 Å². The minimum Gasteiger partial charge on any atom is -0.468 e. The smallest absolute Gasteiger partial charge is 0.326 e. The molecule has 0 atom stereocenters. The highest BCUT2D eigenvalue weighted by atomic mass is 19.1. The summed E-state index contributed by atoms with van der Waals surface area (Å²) in [5.41, 5.74) is -0.537. The Hall–Kier alpha value is -2.05. The van der Waals surface area contributed by atoms with Crippen molar-refractivity contribution in [2.24, 2.45) is 0 Å². The number of ether oxygens (including phenoxy) is 2. The Bertz CT molecular complexity index is 434. The molecule has 0 saturated heterocycles. The summed E-state index contributed by atoms with van der Waals surface area (Å²) in [6, 6.07) is 0.515. The summed E-state index contributed by atoms with van der Waals surface area (Å²) in [5, 5.41) is 0. The Balaban J connectivity index is 3.22. The van der Waals surface area contributed by atoms with Gasteiger partial charge in [0.05, 0.1) is 20.4 Å². The lowest BCUT2D eigenvalue weighted by atomic mass is 10.0. The van der Waals surface area contributed by atoms with Crippen LogP contribution in [0.5, 0.6) is 0 Å². The third-order valence-corrected chi connectivity index (χ3v) is 1.98. The second-order valence-corrected chi connectivity index (χ2v) is 3.00. The highest BCUT2D eigenvalue weighted by Gasteiger charge is 2.34. The zero-order valence-electron chi connectivity index (χ0n) is 9.07. The molecule has 0 saturated carbocycles. The molecule has 0 unspecified atom stereocenters. The van der Waals surface area contributed by atoms with Crippen LogP contribution in [0.1, 0.15) is 11.6 Å². The minimum absolute atomic E-state index is 0.515. The molecule has 1 rings (SSSR count). The molecule has 0 fully saturated rings. The lowest BCUT2D eigenvalue weighted by Crippen LogP contribution is -2.26. The van der Waals surface area contributed by atoms with Crippen LogP contribution < -0.4 is 0 Å². The number of aromatic nitrogens is 1. The van der Waals surface area contributed by atoms with E-state index in [0.717, 1.165) is 14.2 Å². The molecule has 0 aliphatic heterocycles. The Labute approximate surface area is 95.4 Å². The standard InChI is InChI=1S/C10H9F2NO4/c1-16-9(14)7(10(15)17-2)8-6(12)3-5(11)4-13-8/h3-4,7H,1-2H3. The largest absolute Gasteiger partial charge is 0.468 e. The van der Waals surface area contributed by atoms with Crippen molar-refractivity contribution >= 4 is 11.9 Å². The van der Waals surface area contributed by atoms with Crippen LogP contribution in [-0.4, -0.2) is 31.1 Å². The van der Waals surface area contributed by atoms with E-state index in [0.29, 0.717) is 12.3 Å². The van der Waals surface area contributed by atoms with Gasteiger partial charge in [-0.2, -0.15) is 0 Å². The first-order chi connectivity index (χ1) is 8.01. The number of methoxy groups -OCH3 is 2. The maximum absolute atomic E-state index is 13.4. The molecule has 0 amide bonds. The van der Waals surface area contributed by atoms with Crippen LogP contribution in [0, 0.1) is 11.6 Å². The van der Waals surface area contributed by atoms with Gasteiger partial charge in [0.25, 0.3) is 0 Å². The van der Waals surface area contributed by atoms with E-state index in [-0.39, 0.29) is 0 Å². The van der Waals surface area contributed by atoms with Crippen molar-refractivity contribution in [2.75, 3.05) is 14.2 Å². The van der Waals surface area contributed by atoms with Crippen molar-refractivity contribution in [3.63, 3.8) is 0 Å². The Kier molecular flexibility index (Phi) is 4.08. The third kappa shape index (κ3) is 2.74. The zero-order chi connectivity index (χ0) is 13.0. The van der Waals surface area contributed by atoms with Gasteiger partial charge in [-0.3, -0.25) is 14.6 Å². The van der Waals surface area contributed by atoms with Crippen LogP contribution in [0.4, 0.5) is 8.78 Å². The van der Waals surface area contributed by atoms with Crippen LogP contribution in [0.25, 0.3) is 0 Å². The maximum atomic E-state index is 13.4. The molecule has 1 aromatic heterocycles. The van der Waals surface area contributed by atoms with Gasteiger partial charge < -0.3 is 9.47 Å². The van der Waals surface area contributed by atoms with E-state index in [1.165, 1.54) is 0 Å². The predicted molar refractivity (Wildman–Crippen MR) is 50.9 cm³/mol. The summed E-state index contributed by atoms with van der Waals surface area (Å²) in [7, 11) is 2.05. The monoisotopic (exact) mass is 245 g/mol. The molecule has 0 N–H and O–H groups in total. The van der Waals surface area contributed by atoms with Gasteiger partial charge in [-0.25, -0.2) is 8.78 Å². The van der Waals surface area contributed by atoms with Crippen LogP contribution >= 0.6 is 0 Å². The van der Waals surface area contributed by atoms with Crippen LogP contribution in [0.2, 0.25) is 0 Å². The van der Waals surface area contributed by atoms with E-state index in [1.54, 1.807) is 0 Å². The number of rotatable bonds is 3. The highest BCUT2D eigenvalue weighted by molar-refractivity contribution is 6.00. The average Bonchev–Trinajstić information content (AvgIpc) is 2.31. The number of carbonyl (C=O) groups is 2. The first-order valence-corrected chi connectivity index (χ1v) is 4.47. The van der Waals surface area contributed by atoms with Gasteiger partial charge in [0.1, 0.15) is 17.3 Å². The van der Waals surface area contributed by atoms with E-state index >= 15 is 0 Å². The number of halogens is 2. The van der Waals surface area contributed by atoms with E-state index in [2.05, 4.69) is 14.5 Å². The molecule has 0 spiro atoms. The number of pyridine rings is 1. The molecule has 0 aliphatic carbocycles. The average molecular weight is 245 g/mol. The molecule has 0 aliphatic rings. The van der Waals surface area contributed by atoms with Gasteiger partial charge in [-0.05, 0) is 0 Å². The topological polar surface area (TPSA) is 65.5 Å². The number of carbonyl (C=O) groups excluding carboxylic acids is 2. The van der Waals surface area contributed by atoms with Crippen LogP contribution in [0.15, 0.2) is 12.3 Å². The van der Waals surface area contributed by atoms with E-state index in [1.807, 2.05) is 0 Å². The number of esters is 2. The first-order valence-electron chi connectivity index (χ1n) is 4.47. The fourth-order valence-corrected chi connectivity index (χ4v) is 1.19. The van der Waals surface area contributed by atoms with Crippen LogP contribution in [-0.2, 0) is 19.1 Å². The molecule has 92 valence electrons. The molecular formula is C10H9F2NO4.